The van der Waals surface area contributed by atoms with Crippen LogP contribution in [0.3, 0.4) is 0 Å². The number of alkyl carbamates (subject to hydrolysis) is 1. The van der Waals surface area contributed by atoms with E-state index in [1.54, 1.807) is 69.3 Å². The first-order valence-electron chi connectivity index (χ1n) is 7.87. The second-order valence-corrected chi connectivity index (χ2v) is 7.88. The van der Waals surface area contributed by atoms with Gasteiger partial charge in [-0.05, 0) is 32.9 Å². The quantitative estimate of drug-likeness (QED) is 0.469. The minimum absolute atomic E-state index is 0.0657. The fourth-order valence-electron chi connectivity index (χ4n) is 1.92. The summed E-state index contributed by atoms with van der Waals surface area (Å²) in [5.41, 5.74) is -0.232. The molecule has 0 saturated heterocycles. The predicted octanol–water partition coefficient (Wildman–Crippen LogP) is 3.55. The average Bonchev–Trinajstić information content (AvgIpc) is 2.58. The molecule has 1 amide bonds. The largest absolute Gasteiger partial charge is 0.444 e. The van der Waals surface area contributed by atoms with Gasteiger partial charge in [-0.3, -0.25) is 5.32 Å². The topological polar surface area (TPSA) is 90.9 Å². The molecule has 7 nitrogen and oxygen atoms in total. The number of benzene rings is 2. The second kappa shape index (κ2) is 8.31. The lowest BCUT2D eigenvalue weighted by atomic mass is 10.2. The van der Waals surface area contributed by atoms with Gasteiger partial charge in [0.25, 0.3) is 0 Å². The molecule has 0 heterocycles. The van der Waals surface area contributed by atoms with Crippen molar-refractivity contribution in [2.75, 3.05) is 0 Å². The van der Waals surface area contributed by atoms with E-state index in [4.69, 9.17) is 9.62 Å². The molecule has 0 aliphatic heterocycles. The van der Waals surface area contributed by atoms with Crippen LogP contribution in [0.2, 0.25) is 0 Å². The molecule has 1 unspecified atom stereocenters. The standard InChI is InChI=1S/C18H21NO6S/c1-18(2,3)23-17(20)19-16(14-10-6-4-7-11-14)24-25-26(21,22)15-12-8-5-9-13-15/h4-13,16H,1-3H3,(H,19,20). The van der Waals surface area contributed by atoms with E-state index in [2.05, 4.69) is 9.65 Å². The van der Waals surface area contributed by atoms with Gasteiger partial charge in [-0.2, -0.15) is 13.3 Å². The molecule has 0 spiro atoms. The Bertz CT molecular complexity index is 816. The molecular weight excluding hydrogens is 358 g/mol. The zero-order chi connectivity index (χ0) is 19.2. The van der Waals surface area contributed by atoms with Gasteiger partial charge in [0.2, 0.25) is 0 Å². The summed E-state index contributed by atoms with van der Waals surface area (Å²) in [6.45, 7) is 5.13. The third-order valence-electron chi connectivity index (χ3n) is 3.01. The van der Waals surface area contributed by atoms with Crippen LogP contribution in [0.1, 0.15) is 32.6 Å². The molecule has 1 N–H and O–H groups in total. The van der Waals surface area contributed by atoms with E-state index in [0.29, 0.717) is 5.56 Å². The smallest absolute Gasteiger partial charge is 0.410 e. The first-order valence-corrected chi connectivity index (χ1v) is 9.28. The van der Waals surface area contributed by atoms with E-state index in [1.165, 1.54) is 12.1 Å². The van der Waals surface area contributed by atoms with Crippen molar-refractivity contribution >= 4 is 16.2 Å². The lowest BCUT2D eigenvalue weighted by molar-refractivity contribution is -0.250. The lowest BCUT2D eigenvalue weighted by Crippen LogP contribution is -2.36. The predicted molar refractivity (Wildman–Crippen MR) is 94.4 cm³/mol. The Labute approximate surface area is 152 Å². The van der Waals surface area contributed by atoms with E-state index >= 15 is 0 Å². The maximum atomic E-state index is 12.2. The summed E-state index contributed by atoms with van der Waals surface area (Å²) in [5.74, 6) is 0. The Morgan fingerprint density at radius 2 is 1.50 bits per heavy atom. The molecule has 2 rings (SSSR count). The number of ether oxygens (including phenoxy) is 1. The number of amides is 1. The summed E-state index contributed by atoms with van der Waals surface area (Å²) in [6.07, 6.45) is -1.95. The Hall–Kier alpha value is -2.42. The first kappa shape index (κ1) is 19.9. The van der Waals surface area contributed by atoms with Crippen LogP contribution in [0.4, 0.5) is 4.79 Å². The highest BCUT2D eigenvalue weighted by molar-refractivity contribution is 7.86. The van der Waals surface area contributed by atoms with Crippen molar-refractivity contribution in [3.63, 3.8) is 0 Å². The molecule has 26 heavy (non-hydrogen) atoms. The minimum Gasteiger partial charge on any atom is -0.444 e. The van der Waals surface area contributed by atoms with Crippen molar-refractivity contribution in [1.29, 1.82) is 0 Å². The van der Waals surface area contributed by atoms with Gasteiger partial charge >= 0.3 is 16.2 Å². The number of hydrogen-bond donors (Lipinski definition) is 1. The number of nitrogens with one attached hydrogen (secondary N) is 1. The van der Waals surface area contributed by atoms with Gasteiger partial charge in [0, 0.05) is 5.56 Å². The average molecular weight is 379 g/mol. The highest BCUT2D eigenvalue weighted by atomic mass is 32.2. The molecule has 140 valence electrons. The summed E-state index contributed by atoms with van der Waals surface area (Å²) in [5, 5.41) is 2.44. The molecule has 0 aliphatic carbocycles. The van der Waals surface area contributed by atoms with E-state index in [-0.39, 0.29) is 4.90 Å². The van der Waals surface area contributed by atoms with Gasteiger partial charge < -0.3 is 4.74 Å². The van der Waals surface area contributed by atoms with E-state index in [9.17, 15) is 13.2 Å². The lowest BCUT2D eigenvalue weighted by Gasteiger charge is -2.23. The zero-order valence-electron chi connectivity index (χ0n) is 14.7. The Morgan fingerprint density at radius 3 is 2.04 bits per heavy atom. The number of carbonyl (C=O) groups excluding carboxylic acids is 1. The molecular formula is C18H21NO6S. The summed E-state index contributed by atoms with van der Waals surface area (Å²) < 4.78 is 34.2. The van der Waals surface area contributed by atoms with E-state index < -0.39 is 28.0 Å². The van der Waals surface area contributed by atoms with Gasteiger partial charge in [-0.15, -0.1) is 4.33 Å². The molecule has 2 aromatic rings. The van der Waals surface area contributed by atoms with Crippen molar-refractivity contribution in [1.82, 2.24) is 5.32 Å². The molecule has 0 fully saturated rings. The van der Waals surface area contributed by atoms with Crippen LogP contribution in [0, 0.1) is 0 Å². The van der Waals surface area contributed by atoms with Crippen molar-refractivity contribution in [2.45, 2.75) is 37.5 Å². The highest BCUT2D eigenvalue weighted by Crippen LogP contribution is 2.20. The highest BCUT2D eigenvalue weighted by Gasteiger charge is 2.25. The normalized spacial score (nSPS) is 13.0. The van der Waals surface area contributed by atoms with Crippen molar-refractivity contribution in [2.24, 2.45) is 0 Å². The number of hydrogen-bond acceptors (Lipinski definition) is 6. The SMILES string of the molecule is CC(C)(C)OC(=O)NC(OOS(=O)(=O)c1ccccc1)c1ccccc1. The zero-order valence-corrected chi connectivity index (χ0v) is 15.5. The monoisotopic (exact) mass is 379 g/mol. The summed E-state index contributed by atoms with van der Waals surface area (Å²) in [6, 6.07) is 16.1. The van der Waals surface area contributed by atoms with Crippen LogP contribution in [-0.4, -0.2) is 20.1 Å². The van der Waals surface area contributed by atoms with Gasteiger partial charge in [0.1, 0.15) is 5.60 Å². The summed E-state index contributed by atoms with van der Waals surface area (Å²) in [4.78, 5) is 17.0. The van der Waals surface area contributed by atoms with Gasteiger partial charge in [-0.25, -0.2) is 4.79 Å². The van der Waals surface area contributed by atoms with Gasteiger partial charge in [0.15, 0.2) is 6.23 Å². The van der Waals surface area contributed by atoms with Crippen LogP contribution >= 0.6 is 0 Å². The molecule has 0 aromatic heterocycles. The number of rotatable bonds is 6. The Balaban J connectivity index is 2.13. The maximum Gasteiger partial charge on any atom is 0.410 e. The fraction of sp³-hybridized carbons (Fsp3) is 0.278. The molecule has 1 atom stereocenters. The van der Waals surface area contributed by atoms with E-state index in [0.717, 1.165) is 0 Å². The summed E-state index contributed by atoms with van der Waals surface area (Å²) >= 11 is 0. The van der Waals surface area contributed by atoms with Crippen LogP contribution in [0.5, 0.6) is 0 Å². The van der Waals surface area contributed by atoms with Crippen LogP contribution < -0.4 is 5.32 Å². The second-order valence-electron chi connectivity index (χ2n) is 6.37. The van der Waals surface area contributed by atoms with Crippen molar-refractivity contribution in [3.05, 3.63) is 66.2 Å². The summed E-state index contributed by atoms with van der Waals surface area (Å²) in [7, 11) is -4.15. The number of carbonyl (C=O) groups is 1. The van der Waals surface area contributed by atoms with Gasteiger partial charge in [0.05, 0.1) is 4.90 Å². The molecule has 0 bridgehead atoms. The Kier molecular flexibility index (Phi) is 6.36. The van der Waals surface area contributed by atoms with Gasteiger partial charge in [-0.1, -0.05) is 48.5 Å². The van der Waals surface area contributed by atoms with Crippen LogP contribution in [-0.2, 0) is 24.1 Å². The molecule has 0 saturated carbocycles. The Morgan fingerprint density at radius 1 is 0.962 bits per heavy atom. The fourth-order valence-corrected chi connectivity index (χ4v) is 2.67. The van der Waals surface area contributed by atoms with Crippen LogP contribution in [0.25, 0.3) is 0 Å². The third-order valence-corrected chi connectivity index (χ3v) is 4.11. The minimum atomic E-state index is -4.15. The molecule has 0 radical (unpaired) electrons. The molecule has 8 heteroatoms. The molecule has 0 aliphatic rings. The maximum absolute atomic E-state index is 12.2. The first-order chi connectivity index (χ1) is 12.2. The van der Waals surface area contributed by atoms with E-state index in [1.807, 2.05) is 0 Å². The van der Waals surface area contributed by atoms with Crippen LogP contribution in [0.15, 0.2) is 65.6 Å². The third kappa shape index (κ3) is 6.14. The van der Waals surface area contributed by atoms with Crippen molar-refractivity contribution in [3.8, 4) is 0 Å². The molecule has 2 aromatic carbocycles. The van der Waals surface area contributed by atoms with Crippen molar-refractivity contribution < 1.29 is 27.2 Å².